The number of H-pyrrole nitrogens is 1. The van der Waals surface area contributed by atoms with Gasteiger partial charge in [0.15, 0.2) is 5.82 Å². The summed E-state index contributed by atoms with van der Waals surface area (Å²) in [5.41, 5.74) is 4.06. The third-order valence-corrected chi connectivity index (χ3v) is 4.91. The molecule has 1 aliphatic heterocycles. The van der Waals surface area contributed by atoms with E-state index in [9.17, 15) is 0 Å². The number of aromatic amines is 1. The number of nitrogens with one attached hydrogen (secondary N) is 1. The van der Waals surface area contributed by atoms with Crippen molar-refractivity contribution in [2.45, 2.75) is 31.6 Å². The SMILES string of the molecule is c1cnn(-c2cc(N3CCc4[nH]nc(C5CC5)c4CC3)ncn2)c1. The van der Waals surface area contributed by atoms with Gasteiger partial charge in [0.05, 0.1) is 5.69 Å². The number of hydrogen-bond donors (Lipinski definition) is 1. The summed E-state index contributed by atoms with van der Waals surface area (Å²) < 4.78 is 1.76. The second-order valence-corrected chi connectivity index (χ2v) is 6.51. The van der Waals surface area contributed by atoms with Gasteiger partial charge in [0.1, 0.15) is 12.1 Å². The van der Waals surface area contributed by atoms with Crippen LogP contribution in [0.15, 0.2) is 30.9 Å². The van der Waals surface area contributed by atoms with E-state index in [0.717, 1.165) is 37.6 Å². The van der Waals surface area contributed by atoms with Crippen LogP contribution in [0.5, 0.6) is 0 Å². The standard InChI is InChI=1S/C17H19N7/c1-6-20-24(7-1)16-10-15(18-11-19-16)23-8-4-13-14(5-9-23)21-22-17(13)12-2-3-12/h1,6-7,10-12H,2-5,8-9H2,(H,21,22). The molecule has 3 aromatic rings. The Morgan fingerprint density at radius 3 is 2.79 bits per heavy atom. The molecule has 0 radical (unpaired) electrons. The van der Waals surface area contributed by atoms with Crippen LogP contribution < -0.4 is 4.90 Å². The van der Waals surface area contributed by atoms with Crippen LogP contribution in [0.2, 0.25) is 0 Å². The normalized spacial score (nSPS) is 17.6. The van der Waals surface area contributed by atoms with E-state index in [1.807, 2.05) is 18.3 Å². The second-order valence-electron chi connectivity index (χ2n) is 6.51. The number of anilines is 1. The van der Waals surface area contributed by atoms with Gasteiger partial charge in [0.25, 0.3) is 0 Å². The van der Waals surface area contributed by atoms with Crippen LogP contribution in [0.1, 0.15) is 35.7 Å². The van der Waals surface area contributed by atoms with Crippen molar-refractivity contribution in [2.24, 2.45) is 0 Å². The zero-order valence-electron chi connectivity index (χ0n) is 13.4. The van der Waals surface area contributed by atoms with Gasteiger partial charge in [0.2, 0.25) is 0 Å². The summed E-state index contributed by atoms with van der Waals surface area (Å²) in [7, 11) is 0. The lowest BCUT2D eigenvalue weighted by atomic mass is 10.1. The average Bonchev–Trinajstić information content (AvgIpc) is 3.23. The molecule has 1 aliphatic carbocycles. The first-order chi connectivity index (χ1) is 11.9. The maximum Gasteiger partial charge on any atom is 0.158 e. The molecule has 1 saturated carbocycles. The minimum atomic E-state index is 0.696. The first kappa shape index (κ1) is 13.7. The molecule has 7 nitrogen and oxygen atoms in total. The molecule has 7 heteroatoms. The Morgan fingerprint density at radius 1 is 1.08 bits per heavy atom. The monoisotopic (exact) mass is 321 g/mol. The fourth-order valence-corrected chi connectivity index (χ4v) is 3.47. The van der Waals surface area contributed by atoms with Crippen LogP contribution >= 0.6 is 0 Å². The van der Waals surface area contributed by atoms with Crippen molar-refractivity contribution in [3.05, 3.63) is 47.8 Å². The minimum Gasteiger partial charge on any atom is -0.356 e. The van der Waals surface area contributed by atoms with Crippen LogP contribution in [0.3, 0.4) is 0 Å². The van der Waals surface area contributed by atoms with Crippen molar-refractivity contribution >= 4 is 5.82 Å². The summed E-state index contributed by atoms with van der Waals surface area (Å²) in [4.78, 5) is 11.1. The molecule has 5 rings (SSSR count). The van der Waals surface area contributed by atoms with Crippen LogP contribution in [-0.2, 0) is 12.8 Å². The van der Waals surface area contributed by atoms with Crippen molar-refractivity contribution in [3.63, 3.8) is 0 Å². The van der Waals surface area contributed by atoms with Gasteiger partial charge in [-0.25, -0.2) is 14.6 Å². The summed E-state index contributed by atoms with van der Waals surface area (Å²) in [6.45, 7) is 1.90. The van der Waals surface area contributed by atoms with Gasteiger partial charge >= 0.3 is 0 Å². The second kappa shape index (κ2) is 5.43. The van der Waals surface area contributed by atoms with Crippen LogP contribution in [0, 0.1) is 0 Å². The number of aromatic nitrogens is 6. The Hall–Kier alpha value is -2.70. The summed E-state index contributed by atoms with van der Waals surface area (Å²) in [6.07, 6.45) is 9.86. The Kier molecular flexibility index (Phi) is 3.11. The topological polar surface area (TPSA) is 75.5 Å². The van der Waals surface area contributed by atoms with Gasteiger partial charge in [-0.3, -0.25) is 5.10 Å². The van der Waals surface area contributed by atoms with E-state index in [2.05, 4.69) is 30.2 Å². The zero-order valence-corrected chi connectivity index (χ0v) is 13.4. The molecule has 0 bridgehead atoms. The molecule has 0 atom stereocenters. The van der Waals surface area contributed by atoms with E-state index in [1.165, 1.54) is 29.8 Å². The molecule has 0 amide bonds. The van der Waals surface area contributed by atoms with E-state index in [4.69, 9.17) is 0 Å². The maximum absolute atomic E-state index is 4.57. The van der Waals surface area contributed by atoms with Gasteiger partial charge in [-0.15, -0.1) is 0 Å². The average molecular weight is 321 g/mol. The Balaban J connectivity index is 1.40. The molecular formula is C17H19N7. The molecule has 3 aromatic heterocycles. The lowest BCUT2D eigenvalue weighted by molar-refractivity contribution is 0.763. The predicted molar refractivity (Wildman–Crippen MR) is 89.3 cm³/mol. The molecule has 0 unspecified atom stereocenters. The third kappa shape index (κ3) is 2.36. The fourth-order valence-electron chi connectivity index (χ4n) is 3.47. The highest BCUT2D eigenvalue weighted by Gasteiger charge is 2.31. The summed E-state index contributed by atoms with van der Waals surface area (Å²) in [6, 6.07) is 3.90. The quantitative estimate of drug-likeness (QED) is 0.797. The highest BCUT2D eigenvalue weighted by molar-refractivity contribution is 5.45. The van der Waals surface area contributed by atoms with Crippen molar-refractivity contribution in [1.82, 2.24) is 29.9 Å². The Labute approximate surface area is 139 Å². The molecule has 0 saturated heterocycles. The van der Waals surface area contributed by atoms with Gasteiger partial charge in [0, 0.05) is 49.6 Å². The number of nitrogens with zero attached hydrogens (tertiary/aromatic N) is 6. The molecule has 122 valence electrons. The van der Waals surface area contributed by atoms with E-state index < -0.39 is 0 Å². The number of rotatable bonds is 3. The largest absolute Gasteiger partial charge is 0.356 e. The molecule has 24 heavy (non-hydrogen) atoms. The Bertz CT molecular complexity index is 848. The molecule has 1 fully saturated rings. The van der Waals surface area contributed by atoms with Crippen molar-refractivity contribution in [3.8, 4) is 5.82 Å². The number of fused-ring (bicyclic) bond motifs is 1. The minimum absolute atomic E-state index is 0.696. The highest BCUT2D eigenvalue weighted by Crippen LogP contribution is 2.41. The van der Waals surface area contributed by atoms with E-state index in [0.29, 0.717) is 5.92 Å². The lowest BCUT2D eigenvalue weighted by Gasteiger charge is -2.21. The van der Waals surface area contributed by atoms with Gasteiger partial charge in [-0.2, -0.15) is 10.2 Å². The van der Waals surface area contributed by atoms with Gasteiger partial charge in [-0.05, 0) is 30.9 Å². The van der Waals surface area contributed by atoms with Crippen LogP contribution in [0.4, 0.5) is 5.82 Å². The van der Waals surface area contributed by atoms with Crippen molar-refractivity contribution < 1.29 is 0 Å². The molecule has 1 N–H and O–H groups in total. The van der Waals surface area contributed by atoms with Crippen LogP contribution in [0.25, 0.3) is 5.82 Å². The van der Waals surface area contributed by atoms with Crippen molar-refractivity contribution in [2.75, 3.05) is 18.0 Å². The van der Waals surface area contributed by atoms with Gasteiger partial charge in [-0.1, -0.05) is 0 Å². The first-order valence-electron chi connectivity index (χ1n) is 8.51. The van der Waals surface area contributed by atoms with Crippen LogP contribution in [-0.4, -0.2) is 43.0 Å². The van der Waals surface area contributed by atoms with Crippen molar-refractivity contribution in [1.29, 1.82) is 0 Å². The maximum atomic E-state index is 4.57. The lowest BCUT2D eigenvalue weighted by Crippen LogP contribution is -2.27. The fraction of sp³-hybridized carbons (Fsp3) is 0.412. The predicted octanol–water partition coefficient (Wildman–Crippen LogP) is 1.87. The summed E-state index contributed by atoms with van der Waals surface area (Å²) >= 11 is 0. The number of hydrogen-bond acceptors (Lipinski definition) is 5. The highest BCUT2D eigenvalue weighted by atomic mass is 15.3. The first-order valence-corrected chi connectivity index (χ1v) is 8.51. The molecular weight excluding hydrogens is 302 g/mol. The third-order valence-electron chi connectivity index (χ3n) is 4.91. The summed E-state index contributed by atoms with van der Waals surface area (Å²) in [5, 5.41) is 12.1. The smallest absolute Gasteiger partial charge is 0.158 e. The van der Waals surface area contributed by atoms with E-state index in [-0.39, 0.29) is 0 Å². The molecule has 4 heterocycles. The zero-order chi connectivity index (χ0) is 15.9. The van der Waals surface area contributed by atoms with E-state index in [1.54, 1.807) is 17.2 Å². The summed E-state index contributed by atoms with van der Waals surface area (Å²) in [5.74, 6) is 2.46. The molecule has 2 aliphatic rings. The molecule has 0 spiro atoms. The van der Waals surface area contributed by atoms with E-state index >= 15 is 0 Å². The molecule has 0 aromatic carbocycles. The Morgan fingerprint density at radius 2 is 1.96 bits per heavy atom. The van der Waals surface area contributed by atoms with Gasteiger partial charge < -0.3 is 4.90 Å².